The van der Waals surface area contributed by atoms with Crippen LogP contribution in [0.1, 0.15) is 20.7 Å². The van der Waals surface area contributed by atoms with E-state index in [1.807, 2.05) is 0 Å². The van der Waals surface area contributed by atoms with E-state index in [1.54, 1.807) is 0 Å². The van der Waals surface area contributed by atoms with E-state index in [2.05, 4.69) is 15.0 Å². The lowest BCUT2D eigenvalue weighted by molar-refractivity contribution is 0.0601. The van der Waals surface area contributed by atoms with Crippen molar-refractivity contribution in [3.63, 3.8) is 0 Å². The lowest BCUT2D eigenvalue weighted by Crippen LogP contribution is -2.17. The molecule has 21 heavy (non-hydrogen) atoms. The molecule has 2 aromatic rings. The van der Waals surface area contributed by atoms with Crippen LogP contribution >= 0.6 is 0 Å². The SMILES string of the molecule is COC(=O)c1cc(F)ccc1NC(=O)c1cccnc1F. The number of anilines is 1. The number of rotatable bonds is 3. The molecule has 108 valence electrons. The van der Waals surface area contributed by atoms with Crippen molar-refractivity contribution < 1.29 is 23.1 Å². The molecule has 0 saturated carbocycles. The molecule has 0 bridgehead atoms. The number of esters is 1. The van der Waals surface area contributed by atoms with Gasteiger partial charge in [0.2, 0.25) is 5.95 Å². The Labute approximate surface area is 118 Å². The van der Waals surface area contributed by atoms with Gasteiger partial charge in [0.1, 0.15) is 5.82 Å². The molecule has 1 N–H and O–H groups in total. The van der Waals surface area contributed by atoms with Crippen LogP contribution in [0.15, 0.2) is 36.5 Å². The zero-order valence-electron chi connectivity index (χ0n) is 10.9. The van der Waals surface area contributed by atoms with Gasteiger partial charge in [-0.15, -0.1) is 0 Å². The number of carbonyl (C=O) groups excluding carboxylic acids is 2. The van der Waals surface area contributed by atoms with E-state index in [4.69, 9.17) is 0 Å². The number of hydrogen-bond donors (Lipinski definition) is 1. The summed E-state index contributed by atoms with van der Waals surface area (Å²) in [7, 11) is 1.12. The summed E-state index contributed by atoms with van der Waals surface area (Å²) in [5, 5.41) is 2.32. The zero-order chi connectivity index (χ0) is 15.4. The Balaban J connectivity index is 2.34. The minimum absolute atomic E-state index is 0.0107. The monoisotopic (exact) mass is 292 g/mol. The van der Waals surface area contributed by atoms with Gasteiger partial charge in [-0.2, -0.15) is 4.39 Å². The lowest BCUT2D eigenvalue weighted by atomic mass is 10.1. The molecular weight excluding hydrogens is 282 g/mol. The number of pyridine rings is 1. The van der Waals surface area contributed by atoms with Crippen LogP contribution in [0, 0.1) is 11.8 Å². The molecule has 0 unspecified atom stereocenters. The second-order valence-electron chi connectivity index (χ2n) is 3.98. The van der Waals surface area contributed by atoms with Crippen LogP contribution in [0.5, 0.6) is 0 Å². The van der Waals surface area contributed by atoms with Gasteiger partial charge < -0.3 is 10.1 Å². The second-order valence-corrected chi connectivity index (χ2v) is 3.98. The number of amides is 1. The third-order valence-corrected chi connectivity index (χ3v) is 2.64. The Morgan fingerprint density at radius 2 is 1.95 bits per heavy atom. The molecule has 1 amide bonds. The van der Waals surface area contributed by atoms with Crippen molar-refractivity contribution in [3.05, 3.63) is 59.4 Å². The van der Waals surface area contributed by atoms with E-state index >= 15 is 0 Å². The van der Waals surface area contributed by atoms with Gasteiger partial charge in [0.15, 0.2) is 0 Å². The maximum atomic E-state index is 13.4. The summed E-state index contributed by atoms with van der Waals surface area (Å²) in [5.41, 5.74) is -0.454. The minimum atomic E-state index is -0.947. The van der Waals surface area contributed by atoms with Crippen LogP contribution in [-0.2, 0) is 4.74 Å². The highest BCUT2D eigenvalue weighted by atomic mass is 19.1. The molecule has 0 saturated heterocycles. The van der Waals surface area contributed by atoms with E-state index in [1.165, 1.54) is 24.4 Å². The number of ether oxygens (including phenoxy) is 1. The Morgan fingerprint density at radius 1 is 1.19 bits per heavy atom. The van der Waals surface area contributed by atoms with Crippen molar-refractivity contribution in [2.45, 2.75) is 0 Å². The fourth-order valence-electron chi connectivity index (χ4n) is 1.65. The first-order valence-corrected chi connectivity index (χ1v) is 5.82. The third-order valence-electron chi connectivity index (χ3n) is 2.64. The minimum Gasteiger partial charge on any atom is -0.465 e. The molecule has 0 radical (unpaired) electrons. The Bertz CT molecular complexity index is 704. The first kappa shape index (κ1) is 14.6. The molecule has 1 heterocycles. The third kappa shape index (κ3) is 3.19. The smallest absolute Gasteiger partial charge is 0.340 e. The lowest BCUT2D eigenvalue weighted by Gasteiger charge is -2.10. The van der Waals surface area contributed by atoms with Crippen LogP contribution in [0.3, 0.4) is 0 Å². The van der Waals surface area contributed by atoms with Crippen molar-refractivity contribution in [2.24, 2.45) is 0 Å². The largest absolute Gasteiger partial charge is 0.465 e. The van der Waals surface area contributed by atoms with Gasteiger partial charge in [0.05, 0.1) is 23.9 Å². The van der Waals surface area contributed by atoms with Gasteiger partial charge >= 0.3 is 5.97 Å². The number of nitrogens with one attached hydrogen (secondary N) is 1. The quantitative estimate of drug-likeness (QED) is 0.696. The second kappa shape index (κ2) is 6.08. The van der Waals surface area contributed by atoms with Crippen LogP contribution in [0.2, 0.25) is 0 Å². The van der Waals surface area contributed by atoms with Crippen molar-refractivity contribution in [2.75, 3.05) is 12.4 Å². The highest BCUT2D eigenvalue weighted by Gasteiger charge is 2.18. The van der Waals surface area contributed by atoms with E-state index in [0.29, 0.717) is 0 Å². The average molecular weight is 292 g/mol. The number of nitrogens with zero attached hydrogens (tertiary/aromatic N) is 1. The van der Waals surface area contributed by atoms with E-state index in [9.17, 15) is 18.4 Å². The topological polar surface area (TPSA) is 68.3 Å². The van der Waals surface area contributed by atoms with E-state index < -0.39 is 23.6 Å². The first-order chi connectivity index (χ1) is 10.0. The van der Waals surface area contributed by atoms with E-state index in [0.717, 1.165) is 19.2 Å². The molecule has 0 fully saturated rings. The Hall–Kier alpha value is -2.83. The molecule has 7 heteroatoms. The molecule has 5 nitrogen and oxygen atoms in total. The summed E-state index contributed by atoms with van der Waals surface area (Å²) in [4.78, 5) is 26.8. The van der Waals surface area contributed by atoms with Crippen LogP contribution in [-0.4, -0.2) is 24.0 Å². The number of hydrogen-bond acceptors (Lipinski definition) is 4. The number of aromatic nitrogens is 1. The fourth-order valence-corrected chi connectivity index (χ4v) is 1.65. The Kier molecular flexibility index (Phi) is 4.22. The first-order valence-electron chi connectivity index (χ1n) is 5.82. The van der Waals surface area contributed by atoms with Gasteiger partial charge in [-0.3, -0.25) is 4.79 Å². The summed E-state index contributed by atoms with van der Waals surface area (Å²) in [6, 6.07) is 5.79. The maximum absolute atomic E-state index is 13.4. The van der Waals surface area contributed by atoms with Crippen molar-refractivity contribution in [3.8, 4) is 0 Å². The molecule has 0 aliphatic carbocycles. The summed E-state index contributed by atoms with van der Waals surface area (Å²) >= 11 is 0. The average Bonchev–Trinajstić information content (AvgIpc) is 2.48. The van der Waals surface area contributed by atoms with Crippen molar-refractivity contribution in [1.29, 1.82) is 0 Å². The summed E-state index contributed by atoms with van der Waals surface area (Å²) < 4.78 is 31.1. The number of benzene rings is 1. The fraction of sp³-hybridized carbons (Fsp3) is 0.0714. The summed E-state index contributed by atoms with van der Waals surface area (Å²) in [6.45, 7) is 0. The normalized spacial score (nSPS) is 10.0. The van der Waals surface area contributed by atoms with Crippen LogP contribution < -0.4 is 5.32 Å². The van der Waals surface area contributed by atoms with Gasteiger partial charge in [-0.05, 0) is 30.3 Å². The predicted molar refractivity (Wildman–Crippen MR) is 69.9 cm³/mol. The molecule has 0 atom stereocenters. The molecule has 0 spiro atoms. The predicted octanol–water partition coefficient (Wildman–Crippen LogP) is 2.40. The highest BCUT2D eigenvalue weighted by molar-refractivity contribution is 6.07. The molecule has 2 rings (SSSR count). The van der Waals surface area contributed by atoms with Gasteiger partial charge in [0.25, 0.3) is 5.91 Å². The van der Waals surface area contributed by atoms with Crippen LogP contribution in [0.4, 0.5) is 14.5 Å². The zero-order valence-corrected chi connectivity index (χ0v) is 10.9. The number of carbonyl (C=O) groups is 2. The van der Waals surface area contributed by atoms with Crippen molar-refractivity contribution >= 4 is 17.6 Å². The molecular formula is C14H10F2N2O3. The Morgan fingerprint density at radius 3 is 2.62 bits per heavy atom. The maximum Gasteiger partial charge on any atom is 0.340 e. The van der Waals surface area contributed by atoms with Crippen molar-refractivity contribution in [1.82, 2.24) is 4.98 Å². The van der Waals surface area contributed by atoms with Gasteiger partial charge in [-0.25, -0.2) is 14.2 Å². The summed E-state index contributed by atoms with van der Waals surface area (Å²) in [5.74, 6) is -3.24. The molecule has 0 aliphatic rings. The summed E-state index contributed by atoms with van der Waals surface area (Å²) in [6.07, 6.45) is 1.20. The van der Waals surface area contributed by atoms with E-state index in [-0.39, 0.29) is 16.8 Å². The molecule has 0 aliphatic heterocycles. The molecule has 1 aromatic heterocycles. The van der Waals surface area contributed by atoms with Gasteiger partial charge in [0, 0.05) is 6.20 Å². The number of halogens is 2. The standard InChI is InChI=1S/C14H10F2N2O3/c1-21-14(20)10-7-8(15)4-5-11(10)18-13(19)9-3-2-6-17-12(9)16/h2-7H,1H3,(H,18,19). The molecule has 1 aromatic carbocycles. The van der Waals surface area contributed by atoms with Crippen LogP contribution in [0.25, 0.3) is 0 Å². The number of methoxy groups -OCH3 is 1. The highest BCUT2D eigenvalue weighted by Crippen LogP contribution is 2.19. The van der Waals surface area contributed by atoms with Gasteiger partial charge in [-0.1, -0.05) is 0 Å².